The number of benzene rings is 2. The van der Waals surface area contributed by atoms with Gasteiger partial charge in [0.15, 0.2) is 0 Å². The van der Waals surface area contributed by atoms with Crippen LogP contribution >= 0.6 is 39.3 Å². The molecule has 0 fully saturated rings. The Morgan fingerprint density at radius 3 is 2.74 bits per heavy atom. The topological polar surface area (TPSA) is 77.2 Å². The lowest BCUT2D eigenvalue weighted by Gasteiger charge is -2.05. The van der Waals surface area contributed by atoms with Crippen molar-refractivity contribution < 1.29 is 13.9 Å². The average molecular weight is 469 g/mol. The van der Waals surface area contributed by atoms with Gasteiger partial charge in [0, 0.05) is 10.2 Å². The number of thioether (sulfide) groups is 1. The van der Waals surface area contributed by atoms with E-state index in [0.717, 1.165) is 15.8 Å². The molecule has 0 spiro atoms. The van der Waals surface area contributed by atoms with E-state index in [9.17, 15) is 4.79 Å². The number of nitrogens with one attached hydrogen (secondary N) is 1. The van der Waals surface area contributed by atoms with Crippen LogP contribution in [0.3, 0.4) is 0 Å². The molecule has 1 N–H and O–H groups in total. The molecule has 0 bridgehead atoms. The van der Waals surface area contributed by atoms with Gasteiger partial charge in [0.05, 0.1) is 24.3 Å². The van der Waals surface area contributed by atoms with Crippen molar-refractivity contribution in [3.8, 4) is 5.75 Å². The fourth-order valence-electron chi connectivity index (χ4n) is 2.18. The van der Waals surface area contributed by atoms with Gasteiger partial charge in [-0.3, -0.25) is 4.79 Å². The first-order chi connectivity index (χ1) is 13.0. The molecule has 6 nitrogen and oxygen atoms in total. The number of aromatic nitrogens is 2. The normalized spacial score (nSPS) is 10.6. The van der Waals surface area contributed by atoms with Crippen LogP contribution in [-0.4, -0.2) is 29.0 Å². The second-order valence-electron chi connectivity index (χ2n) is 5.45. The Hall–Kier alpha value is -2.03. The van der Waals surface area contributed by atoms with E-state index in [1.165, 1.54) is 11.8 Å². The van der Waals surface area contributed by atoms with E-state index in [-0.39, 0.29) is 11.7 Å². The first-order valence-corrected chi connectivity index (χ1v) is 10.0. The summed E-state index contributed by atoms with van der Waals surface area (Å²) in [5, 5.41) is 11.6. The number of carbonyl (C=O) groups is 1. The molecule has 3 aromatic rings. The van der Waals surface area contributed by atoms with Crippen LogP contribution < -0.4 is 10.1 Å². The molecule has 0 aliphatic carbocycles. The molecule has 9 heteroatoms. The van der Waals surface area contributed by atoms with Gasteiger partial charge in [-0.05, 0) is 51.8 Å². The van der Waals surface area contributed by atoms with Gasteiger partial charge in [-0.15, -0.1) is 10.2 Å². The minimum atomic E-state index is -0.187. The van der Waals surface area contributed by atoms with Gasteiger partial charge in [-0.1, -0.05) is 35.5 Å². The largest absolute Gasteiger partial charge is 0.497 e. The van der Waals surface area contributed by atoms with Crippen molar-refractivity contribution >= 4 is 50.9 Å². The minimum Gasteiger partial charge on any atom is -0.497 e. The number of rotatable bonds is 7. The van der Waals surface area contributed by atoms with Gasteiger partial charge in [0.25, 0.3) is 5.22 Å². The van der Waals surface area contributed by atoms with Gasteiger partial charge in [-0.25, -0.2) is 0 Å². The van der Waals surface area contributed by atoms with Crippen molar-refractivity contribution in [2.45, 2.75) is 11.6 Å². The Morgan fingerprint density at radius 1 is 1.26 bits per heavy atom. The third kappa shape index (κ3) is 5.72. The lowest BCUT2D eigenvalue weighted by Crippen LogP contribution is -2.13. The van der Waals surface area contributed by atoms with Crippen LogP contribution in [0.15, 0.2) is 56.6 Å². The molecule has 3 rings (SSSR count). The maximum Gasteiger partial charge on any atom is 0.277 e. The highest BCUT2D eigenvalue weighted by Gasteiger charge is 2.11. The number of nitrogens with zero attached hydrogens (tertiary/aromatic N) is 2. The highest BCUT2D eigenvalue weighted by molar-refractivity contribution is 9.10. The smallest absolute Gasteiger partial charge is 0.277 e. The van der Waals surface area contributed by atoms with Gasteiger partial charge < -0.3 is 14.5 Å². The number of hydrogen-bond donors (Lipinski definition) is 1. The summed E-state index contributed by atoms with van der Waals surface area (Å²) in [4.78, 5) is 12.1. The maximum atomic E-state index is 12.1. The van der Waals surface area contributed by atoms with Crippen molar-refractivity contribution in [2.75, 3.05) is 18.2 Å². The first kappa shape index (κ1) is 19.7. The Balaban J connectivity index is 1.51. The molecule has 1 heterocycles. The van der Waals surface area contributed by atoms with Crippen molar-refractivity contribution in [3.63, 3.8) is 0 Å². The lowest BCUT2D eigenvalue weighted by molar-refractivity contribution is -0.113. The quantitative estimate of drug-likeness (QED) is 0.501. The van der Waals surface area contributed by atoms with Crippen molar-refractivity contribution in [2.24, 2.45) is 0 Å². The fraction of sp³-hybridized carbons (Fsp3) is 0.167. The van der Waals surface area contributed by atoms with Crippen LogP contribution in [0, 0.1) is 0 Å². The van der Waals surface area contributed by atoms with E-state index >= 15 is 0 Å². The Bertz CT molecular complexity index is 934. The van der Waals surface area contributed by atoms with E-state index in [1.807, 2.05) is 24.3 Å². The predicted molar refractivity (Wildman–Crippen MR) is 109 cm³/mol. The van der Waals surface area contributed by atoms with Gasteiger partial charge >= 0.3 is 0 Å². The van der Waals surface area contributed by atoms with Gasteiger partial charge in [-0.2, -0.15) is 0 Å². The number of anilines is 1. The van der Waals surface area contributed by atoms with Crippen LogP contribution in [0.4, 0.5) is 5.69 Å². The average Bonchev–Trinajstić information content (AvgIpc) is 3.11. The Morgan fingerprint density at radius 2 is 2.04 bits per heavy atom. The van der Waals surface area contributed by atoms with Crippen molar-refractivity contribution in [1.29, 1.82) is 0 Å². The first-order valence-electron chi connectivity index (χ1n) is 7.86. The summed E-state index contributed by atoms with van der Waals surface area (Å²) in [6.45, 7) is 0. The van der Waals surface area contributed by atoms with Crippen molar-refractivity contribution in [1.82, 2.24) is 10.2 Å². The fourth-order valence-corrected chi connectivity index (χ4v) is 3.19. The molecular formula is C18H15BrClN3O3S. The molecule has 2 aromatic carbocycles. The second kappa shape index (κ2) is 9.25. The summed E-state index contributed by atoms with van der Waals surface area (Å²) < 4.78 is 11.5. The van der Waals surface area contributed by atoms with Crippen LogP contribution in [0.5, 0.6) is 5.75 Å². The molecule has 0 aliphatic heterocycles. The third-order valence-electron chi connectivity index (χ3n) is 3.49. The highest BCUT2D eigenvalue weighted by atomic mass is 79.9. The lowest BCUT2D eigenvalue weighted by atomic mass is 10.1. The molecule has 27 heavy (non-hydrogen) atoms. The standard InChI is InChI=1S/C18H15BrClN3O3S/c1-25-13-5-2-11(3-6-13)8-17-22-23-18(26-17)27-10-16(24)21-12-4-7-14(19)15(20)9-12/h2-7,9H,8,10H2,1H3,(H,21,24). The summed E-state index contributed by atoms with van der Waals surface area (Å²) in [7, 11) is 1.62. The summed E-state index contributed by atoms with van der Waals surface area (Å²) in [5.74, 6) is 1.24. The van der Waals surface area contributed by atoms with Gasteiger partial charge in [0.2, 0.25) is 11.8 Å². The second-order valence-corrected chi connectivity index (χ2v) is 7.64. The molecular weight excluding hydrogens is 454 g/mol. The summed E-state index contributed by atoms with van der Waals surface area (Å²) in [5.41, 5.74) is 1.65. The molecule has 0 saturated carbocycles. The predicted octanol–water partition coefficient (Wildman–Crippen LogP) is 4.82. The number of hydrogen-bond acceptors (Lipinski definition) is 6. The SMILES string of the molecule is COc1ccc(Cc2nnc(SCC(=O)Nc3ccc(Br)c(Cl)c3)o2)cc1. The van der Waals surface area contributed by atoms with Crippen molar-refractivity contribution in [3.05, 3.63) is 63.4 Å². The molecule has 0 radical (unpaired) electrons. The molecule has 140 valence electrons. The molecule has 0 aliphatic rings. The van der Waals surface area contributed by atoms with Crippen LogP contribution in [0.2, 0.25) is 5.02 Å². The number of amides is 1. The highest BCUT2D eigenvalue weighted by Crippen LogP contribution is 2.26. The zero-order valence-corrected chi connectivity index (χ0v) is 17.4. The van der Waals surface area contributed by atoms with Crippen LogP contribution in [-0.2, 0) is 11.2 Å². The molecule has 1 amide bonds. The van der Waals surface area contributed by atoms with Gasteiger partial charge in [0.1, 0.15) is 5.75 Å². The van der Waals surface area contributed by atoms with E-state index in [1.54, 1.807) is 25.3 Å². The molecule has 0 saturated heterocycles. The maximum absolute atomic E-state index is 12.1. The Kier molecular flexibility index (Phi) is 6.76. The third-order valence-corrected chi connectivity index (χ3v) is 5.54. The van der Waals surface area contributed by atoms with Crippen LogP contribution in [0.25, 0.3) is 0 Å². The monoisotopic (exact) mass is 467 g/mol. The molecule has 1 aromatic heterocycles. The summed E-state index contributed by atoms with van der Waals surface area (Å²) in [6, 6.07) is 12.8. The van der Waals surface area contributed by atoms with E-state index in [4.69, 9.17) is 20.8 Å². The van der Waals surface area contributed by atoms with E-state index in [0.29, 0.717) is 28.2 Å². The number of ether oxygens (including phenoxy) is 1. The zero-order chi connectivity index (χ0) is 19.2. The van der Waals surface area contributed by atoms with E-state index in [2.05, 4.69) is 31.4 Å². The number of methoxy groups -OCH3 is 1. The molecule has 0 atom stereocenters. The van der Waals surface area contributed by atoms with Crippen LogP contribution in [0.1, 0.15) is 11.5 Å². The minimum absolute atomic E-state index is 0.151. The summed E-state index contributed by atoms with van der Waals surface area (Å²) >= 11 is 10.5. The zero-order valence-electron chi connectivity index (χ0n) is 14.2. The summed E-state index contributed by atoms with van der Waals surface area (Å²) in [6.07, 6.45) is 0.515. The Labute approximate surface area is 173 Å². The van der Waals surface area contributed by atoms with E-state index < -0.39 is 0 Å². The number of carbonyl (C=O) groups excluding carboxylic acids is 1. The number of halogens is 2. The molecule has 0 unspecified atom stereocenters.